The minimum absolute atomic E-state index is 0.477. The van der Waals surface area contributed by atoms with E-state index in [1.807, 2.05) is 30.5 Å². The highest BCUT2D eigenvalue weighted by Crippen LogP contribution is 2.37. The molecule has 2 saturated heterocycles. The molecular weight excluding hydrogens is 444 g/mol. The topological polar surface area (TPSA) is 51.6 Å². The molecule has 2 N–H and O–H groups in total. The van der Waals surface area contributed by atoms with Crippen LogP contribution in [0.5, 0.6) is 5.75 Å². The summed E-state index contributed by atoms with van der Waals surface area (Å²) >= 11 is 6.20. The van der Waals surface area contributed by atoms with E-state index in [2.05, 4.69) is 33.1 Å². The minimum Gasteiger partial charge on any atom is -0.507 e. The van der Waals surface area contributed by atoms with E-state index < -0.39 is 0 Å². The average Bonchev–Trinajstić information content (AvgIpc) is 2.86. The second-order valence-corrected chi connectivity index (χ2v) is 10.3. The number of pyridine rings is 1. The SMILES string of the molecule is Cc1c(Nc2ccnc3cc(Cl)ccc23)cc(CN2CCCCC2)c(O)c1CN1CCCCC1. The van der Waals surface area contributed by atoms with Crippen molar-refractivity contribution in [3.05, 3.63) is 58.2 Å². The Kier molecular flexibility index (Phi) is 7.23. The Morgan fingerprint density at radius 2 is 1.56 bits per heavy atom. The average molecular weight is 479 g/mol. The highest BCUT2D eigenvalue weighted by molar-refractivity contribution is 6.31. The van der Waals surface area contributed by atoms with Gasteiger partial charge >= 0.3 is 0 Å². The molecule has 3 heterocycles. The smallest absolute Gasteiger partial charge is 0.124 e. The molecule has 5 rings (SSSR count). The van der Waals surface area contributed by atoms with Crippen LogP contribution in [0.25, 0.3) is 10.9 Å². The number of rotatable bonds is 6. The second kappa shape index (κ2) is 10.5. The molecule has 2 aliphatic rings. The number of piperidine rings is 2. The van der Waals surface area contributed by atoms with Crippen LogP contribution in [0.1, 0.15) is 55.2 Å². The number of hydrogen-bond donors (Lipinski definition) is 2. The third kappa shape index (κ3) is 5.17. The molecule has 34 heavy (non-hydrogen) atoms. The summed E-state index contributed by atoms with van der Waals surface area (Å²) in [6.45, 7) is 8.14. The number of likely N-dealkylation sites (tertiary alicyclic amines) is 2. The predicted octanol–water partition coefficient (Wildman–Crippen LogP) is 6.62. The summed E-state index contributed by atoms with van der Waals surface area (Å²) in [5, 5.41) is 16.8. The Hall–Kier alpha value is -2.34. The highest BCUT2D eigenvalue weighted by Gasteiger charge is 2.21. The molecule has 0 amide bonds. The number of hydrogen-bond acceptors (Lipinski definition) is 5. The van der Waals surface area contributed by atoms with Gasteiger partial charge in [-0.25, -0.2) is 0 Å². The zero-order chi connectivity index (χ0) is 23.5. The molecule has 2 aliphatic heterocycles. The Balaban J connectivity index is 1.52. The first-order chi connectivity index (χ1) is 16.6. The van der Waals surface area contributed by atoms with Gasteiger partial charge < -0.3 is 10.4 Å². The van der Waals surface area contributed by atoms with Gasteiger partial charge in [-0.1, -0.05) is 24.4 Å². The standard InChI is InChI=1S/C28H35ClN4O/c1-20-24(19-33-14-6-3-7-15-33)28(34)21(18-32-12-4-2-5-13-32)16-26(20)31-25-10-11-30-27-17-22(29)8-9-23(25)27/h8-11,16-17,34H,2-7,12-15,18-19H2,1H3,(H,30,31). The zero-order valence-corrected chi connectivity index (χ0v) is 20.9. The fourth-order valence-corrected chi connectivity index (χ4v) is 5.57. The maximum atomic E-state index is 11.4. The number of phenolic OH excluding ortho intramolecular Hbond substituents is 1. The Morgan fingerprint density at radius 1 is 0.882 bits per heavy atom. The molecule has 1 aromatic heterocycles. The fraction of sp³-hybridized carbons (Fsp3) is 0.464. The lowest BCUT2D eigenvalue weighted by molar-refractivity contribution is 0.212. The van der Waals surface area contributed by atoms with E-state index in [0.29, 0.717) is 10.8 Å². The number of aromatic hydroxyl groups is 1. The van der Waals surface area contributed by atoms with Crippen molar-refractivity contribution < 1.29 is 5.11 Å². The van der Waals surface area contributed by atoms with Gasteiger partial charge in [0.15, 0.2) is 0 Å². The summed E-state index contributed by atoms with van der Waals surface area (Å²) in [4.78, 5) is 9.46. The van der Waals surface area contributed by atoms with E-state index in [1.54, 1.807) is 0 Å². The Labute approximate surface area is 207 Å². The first-order valence-corrected chi connectivity index (χ1v) is 13.1. The summed E-state index contributed by atoms with van der Waals surface area (Å²) in [6.07, 6.45) is 9.40. The summed E-state index contributed by atoms with van der Waals surface area (Å²) < 4.78 is 0. The number of phenols is 1. The van der Waals surface area contributed by atoms with Crippen LogP contribution < -0.4 is 5.32 Å². The molecule has 6 heteroatoms. The number of fused-ring (bicyclic) bond motifs is 1. The number of anilines is 2. The maximum absolute atomic E-state index is 11.4. The van der Waals surface area contributed by atoms with Crippen LogP contribution in [0.3, 0.4) is 0 Å². The molecule has 0 unspecified atom stereocenters. The van der Waals surface area contributed by atoms with E-state index >= 15 is 0 Å². The lowest BCUT2D eigenvalue weighted by Gasteiger charge is -2.30. The van der Waals surface area contributed by atoms with E-state index in [-0.39, 0.29) is 0 Å². The van der Waals surface area contributed by atoms with Crippen LogP contribution in [0.15, 0.2) is 36.5 Å². The minimum atomic E-state index is 0.477. The molecule has 2 aromatic carbocycles. The van der Waals surface area contributed by atoms with Crippen LogP contribution in [-0.4, -0.2) is 46.1 Å². The largest absolute Gasteiger partial charge is 0.507 e. The number of aromatic nitrogens is 1. The number of nitrogens with zero attached hydrogens (tertiary/aromatic N) is 3. The van der Waals surface area contributed by atoms with Gasteiger partial charge in [-0.3, -0.25) is 14.8 Å². The van der Waals surface area contributed by atoms with Gasteiger partial charge in [0.2, 0.25) is 0 Å². The Morgan fingerprint density at radius 3 is 2.26 bits per heavy atom. The van der Waals surface area contributed by atoms with Crippen molar-refractivity contribution in [1.29, 1.82) is 0 Å². The molecular formula is C28H35ClN4O. The molecule has 0 bridgehead atoms. The van der Waals surface area contributed by atoms with Gasteiger partial charge in [-0.2, -0.15) is 0 Å². The zero-order valence-electron chi connectivity index (χ0n) is 20.1. The van der Waals surface area contributed by atoms with E-state index in [0.717, 1.165) is 78.2 Å². The third-order valence-electron chi connectivity index (χ3n) is 7.41. The van der Waals surface area contributed by atoms with Crippen molar-refractivity contribution in [3.8, 4) is 5.75 Å². The summed E-state index contributed by atoms with van der Waals surface area (Å²) in [5.41, 5.74) is 6.12. The normalized spacial score (nSPS) is 17.8. The van der Waals surface area contributed by atoms with Crippen molar-refractivity contribution in [2.24, 2.45) is 0 Å². The maximum Gasteiger partial charge on any atom is 0.124 e. The van der Waals surface area contributed by atoms with Crippen LogP contribution in [0.2, 0.25) is 5.02 Å². The van der Waals surface area contributed by atoms with Crippen LogP contribution in [0, 0.1) is 6.92 Å². The third-order valence-corrected chi connectivity index (χ3v) is 7.65. The van der Waals surface area contributed by atoms with Gasteiger partial charge in [-0.15, -0.1) is 0 Å². The van der Waals surface area contributed by atoms with Crippen molar-refractivity contribution in [3.63, 3.8) is 0 Å². The number of nitrogens with one attached hydrogen (secondary N) is 1. The van der Waals surface area contributed by atoms with Crippen molar-refractivity contribution in [2.75, 3.05) is 31.5 Å². The second-order valence-electron chi connectivity index (χ2n) is 9.85. The van der Waals surface area contributed by atoms with Gasteiger partial charge in [0, 0.05) is 52.2 Å². The van der Waals surface area contributed by atoms with Gasteiger partial charge in [-0.05, 0) is 94.7 Å². The molecule has 0 spiro atoms. The predicted molar refractivity (Wildman–Crippen MR) is 141 cm³/mol. The number of halogens is 1. The number of benzene rings is 2. The quantitative estimate of drug-likeness (QED) is 0.390. The lowest BCUT2D eigenvalue weighted by Crippen LogP contribution is -2.30. The van der Waals surface area contributed by atoms with Gasteiger partial charge in [0.05, 0.1) is 5.52 Å². The van der Waals surface area contributed by atoms with Crippen LogP contribution in [-0.2, 0) is 13.1 Å². The van der Waals surface area contributed by atoms with Crippen LogP contribution >= 0.6 is 11.6 Å². The van der Waals surface area contributed by atoms with Gasteiger partial charge in [0.1, 0.15) is 5.75 Å². The molecule has 0 saturated carbocycles. The lowest BCUT2D eigenvalue weighted by atomic mass is 9.98. The van der Waals surface area contributed by atoms with Gasteiger partial charge in [0.25, 0.3) is 0 Å². The van der Waals surface area contributed by atoms with E-state index in [4.69, 9.17) is 11.6 Å². The van der Waals surface area contributed by atoms with Crippen molar-refractivity contribution in [2.45, 2.75) is 58.5 Å². The highest BCUT2D eigenvalue weighted by atomic mass is 35.5. The van der Waals surface area contributed by atoms with E-state index in [1.165, 1.54) is 38.5 Å². The van der Waals surface area contributed by atoms with Crippen LogP contribution in [0.4, 0.5) is 11.4 Å². The fourth-order valence-electron chi connectivity index (χ4n) is 5.40. The Bertz CT molecular complexity index is 1150. The van der Waals surface area contributed by atoms with Crippen molar-refractivity contribution in [1.82, 2.24) is 14.8 Å². The first kappa shape index (κ1) is 23.4. The molecule has 0 aliphatic carbocycles. The molecule has 0 radical (unpaired) electrons. The molecule has 0 atom stereocenters. The summed E-state index contributed by atoms with van der Waals surface area (Å²) in [6, 6.07) is 9.99. The molecule has 5 nitrogen and oxygen atoms in total. The molecule has 180 valence electrons. The monoisotopic (exact) mass is 478 g/mol. The summed E-state index contributed by atoms with van der Waals surface area (Å²) in [5.74, 6) is 0.477. The molecule has 3 aromatic rings. The molecule has 2 fully saturated rings. The first-order valence-electron chi connectivity index (χ1n) is 12.7. The summed E-state index contributed by atoms with van der Waals surface area (Å²) in [7, 11) is 0. The van der Waals surface area contributed by atoms with Crippen molar-refractivity contribution >= 4 is 33.9 Å². The van der Waals surface area contributed by atoms with E-state index in [9.17, 15) is 5.11 Å².